The van der Waals surface area contributed by atoms with Gasteiger partial charge in [-0.05, 0) is 42.0 Å². The van der Waals surface area contributed by atoms with E-state index in [4.69, 9.17) is 4.74 Å². The normalized spacial score (nSPS) is 21.3. The molecule has 2 heteroatoms. The summed E-state index contributed by atoms with van der Waals surface area (Å²) in [5.74, 6) is 0.901. The lowest BCUT2D eigenvalue weighted by molar-refractivity contribution is 0.0225. The van der Waals surface area contributed by atoms with Crippen LogP contribution in [0.5, 0.6) is 5.75 Å². The topological polar surface area (TPSA) is 29.5 Å². The van der Waals surface area contributed by atoms with E-state index in [-0.39, 0.29) is 6.10 Å². The highest BCUT2D eigenvalue weighted by Crippen LogP contribution is 2.33. The first-order chi connectivity index (χ1) is 9.79. The molecule has 0 bridgehead atoms. The SMILES string of the molecule is CCc1ccccc1OC1CCc2ccccc2C1O. The predicted molar refractivity (Wildman–Crippen MR) is 80.0 cm³/mol. The third-order valence-corrected chi connectivity index (χ3v) is 4.06. The smallest absolute Gasteiger partial charge is 0.129 e. The summed E-state index contributed by atoms with van der Waals surface area (Å²) < 4.78 is 6.10. The molecule has 1 N–H and O–H groups in total. The number of hydrogen-bond acceptors (Lipinski definition) is 2. The van der Waals surface area contributed by atoms with Crippen LogP contribution in [0.25, 0.3) is 0 Å². The van der Waals surface area contributed by atoms with Crippen molar-refractivity contribution in [3.8, 4) is 5.75 Å². The third kappa shape index (κ3) is 2.44. The molecule has 0 amide bonds. The number of aliphatic hydroxyl groups excluding tert-OH is 1. The molecule has 2 atom stereocenters. The van der Waals surface area contributed by atoms with Crippen molar-refractivity contribution in [3.63, 3.8) is 0 Å². The van der Waals surface area contributed by atoms with E-state index >= 15 is 0 Å². The Hall–Kier alpha value is -1.80. The second-order valence-corrected chi connectivity index (χ2v) is 5.30. The minimum atomic E-state index is -0.537. The van der Waals surface area contributed by atoms with Crippen molar-refractivity contribution in [2.45, 2.75) is 38.4 Å². The van der Waals surface area contributed by atoms with Gasteiger partial charge in [0.15, 0.2) is 0 Å². The van der Waals surface area contributed by atoms with Gasteiger partial charge in [0, 0.05) is 0 Å². The molecule has 3 rings (SSSR count). The van der Waals surface area contributed by atoms with Crippen LogP contribution in [0.15, 0.2) is 48.5 Å². The van der Waals surface area contributed by atoms with E-state index in [0.29, 0.717) is 0 Å². The zero-order valence-corrected chi connectivity index (χ0v) is 11.8. The second-order valence-electron chi connectivity index (χ2n) is 5.30. The number of hydrogen-bond donors (Lipinski definition) is 1. The Balaban J connectivity index is 1.83. The highest BCUT2D eigenvalue weighted by molar-refractivity contribution is 5.36. The summed E-state index contributed by atoms with van der Waals surface area (Å²) in [5.41, 5.74) is 3.44. The van der Waals surface area contributed by atoms with Crippen LogP contribution in [0.2, 0.25) is 0 Å². The zero-order valence-electron chi connectivity index (χ0n) is 11.8. The van der Waals surface area contributed by atoms with Gasteiger partial charge in [0.1, 0.15) is 18.0 Å². The summed E-state index contributed by atoms with van der Waals surface area (Å²) in [6, 6.07) is 16.2. The molecule has 2 aromatic carbocycles. The molecule has 0 aromatic heterocycles. The molecule has 2 aromatic rings. The number of fused-ring (bicyclic) bond motifs is 1. The monoisotopic (exact) mass is 268 g/mol. The van der Waals surface area contributed by atoms with E-state index in [1.54, 1.807) is 0 Å². The van der Waals surface area contributed by atoms with Crippen LogP contribution >= 0.6 is 0 Å². The van der Waals surface area contributed by atoms with Crippen molar-refractivity contribution in [2.75, 3.05) is 0 Å². The van der Waals surface area contributed by atoms with Gasteiger partial charge in [0.25, 0.3) is 0 Å². The molecule has 2 nitrogen and oxygen atoms in total. The maximum absolute atomic E-state index is 10.5. The lowest BCUT2D eigenvalue weighted by Crippen LogP contribution is -2.30. The molecule has 20 heavy (non-hydrogen) atoms. The van der Waals surface area contributed by atoms with Crippen molar-refractivity contribution < 1.29 is 9.84 Å². The molecule has 2 unspecified atom stereocenters. The largest absolute Gasteiger partial charge is 0.487 e. The Morgan fingerprint density at radius 1 is 1.10 bits per heavy atom. The summed E-state index contributed by atoms with van der Waals surface area (Å²) in [6.07, 6.45) is 2.07. The van der Waals surface area contributed by atoms with Crippen molar-refractivity contribution in [3.05, 3.63) is 65.2 Å². The van der Waals surface area contributed by atoms with Gasteiger partial charge in [0.2, 0.25) is 0 Å². The number of benzene rings is 2. The Morgan fingerprint density at radius 2 is 1.85 bits per heavy atom. The third-order valence-electron chi connectivity index (χ3n) is 4.06. The second kappa shape index (κ2) is 5.68. The summed E-state index contributed by atoms with van der Waals surface area (Å²) in [5, 5.41) is 10.5. The number of aliphatic hydroxyl groups is 1. The fourth-order valence-electron chi connectivity index (χ4n) is 2.90. The van der Waals surface area contributed by atoms with Crippen LogP contribution in [-0.4, -0.2) is 11.2 Å². The van der Waals surface area contributed by atoms with E-state index < -0.39 is 6.10 Å². The molecule has 0 spiro atoms. The lowest BCUT2D eigenvalue weighted by Gasteiger charge is -2.31. The van der Waals surface area contributed by atoms with Crippen LogP contribution < -0.4 is 4.74 Å². The van der Waals surface area contributed by atoms with Gasteiger partial charge < -0.3 is 9.84 Å². The van der Waals surface area contributed by atoms with Crippen molar-refractivity contribution >= 4 is 0 Å². The lowest BCUT2D eigenvalue weighted by atomic mass is 9.87. The fraction of sp³-hybridized carbons (Fsp3) is 0.333. The van der Waals surface area contributed by atoms with E-state index in [2.05, 4.69) is 19.1 Å². The van der Waals surface area contributed by atoms with Gasteiger partial charge >= 0.3 is 0 Å². The summed E-state index contributed by atoms with van der Waals surface area (Å²) in [7, 11) is 0. The maximum Gasteiger partial charge on any atom is 0.129 e. The molecule has 0 saturated heterocycles. The van der Waals surface area contributed by atoms with Crippen LogP contribution in [0.1, 0.15) is 36.1 Å². The Bertz CT molecular complexity index is 591. The average Bonchev–Trinajstić information content (AvgIpc) is 2.51. The molecule has 0 radical (unpaired) electrons. The van der Waals surface area contributed by atoms with E-state index in [9.17, 15) is 5.11 Å². The Labute approximate surface area is 120 Å². The molecular weight excluding hydrogens is 248 g/mol. The van der Waals surface area contributed by atoms with Crippen LogP contribution in [-0.2, 0) is 12.8 Å². The minimum Gasteiger partial charge on any atom is -0.487 e. The van der Waals surface area contributed by atoms with E-state index in [1.165, 1.54) is 11.1 Å². The number of aryl methyl sites for hydroxylation is 2. The highest BCUT2D eigenvalue weighted by atomic mass is 16.5. The molecule has 0 fully saturated rings. The van der Waals surface area contributed by atoms with Crippen molar-refractivity contribution in [1.29, 1.82) is 0 Å². The number of para-hydroxylation sites is 1. The van der Waals surface area contributed by atoms with E-state index in [1.807, 2.05) is 36.4 Å². The molecule has 0 heterocycles. The van der Waals surface area contributed by atoms with Crippen LogP contribution in [0.4, 0.5) is 0 Å². The first-order valence-electron chi connectivity index (χ1n) is 7.30. The molecular formula is C18H20O2. The van der Waals surface area contributed by atoms with Gasteiger partial charge in [-0.3, -0.25) is 0 Å². The zero-order chi connectivity index (χ0) is 13.9. The predicted octanol–water partition coefficient (Wildman–Crippen LogP) is 3.68. The molecule has 0 saturated carbocycles. The average molecular weight is 268 g/mol. The maximum atomic E-state index is 10.5. The van der Waals surface area contributed by atoms with Gasteiger partial charge in [-0.25, -0.2) is 0 Å². The summed E-state index contributed by atoms with van der Waals surface area (Å²) in [6.45, 7) is 2.12. The summed E-state index contributed by atoms with van der Waals surface area (Å²) in [4.78, 5) is 0. The number of rotatable bonds is 3. The van der Waals surface area contributed by atoms with Gasteiger partial charge in [-0.2, -0.15) is 0 Å². The first kappa shape index (κ1) is 13.2. The quantitative estimate of drug-likeness (QED) is 0.920. The first-order valence-corrected chi connectivity index (χ1v) is 7.30. The standard InChI is InChI=1S/C18H20O2/c1-2-13-7-4-6-10-16(13)20-17-12-11-14-8-3-5-9-15(14)18(17)19/h3-10,17-19H,2,11-12H2,1H3. The van der Waals surface area contributed by atoms with E-state index in [0.717, 1.165) is 30.6 Å². The molecule has 104 valence electrons. The highest BCUT2D eigenvalue weighted by Gasteiger charge is 2.29. The van der Waals surface area contributed by atoms with Gasteiger partial charge in [-0.1, -0.05) is 49.4 Å². The number of ether oxygens (including phenoxy) is 1. The fourth-order valence-corrected chi connectivity index (χ4v) is 2.90. The van der Waals surface area contributed by atoms with Crippen molar-refractivity contribution in [2.24, 2.45) is 0 Å². The molecule has 1 aliphatic carbocycles. The van der Waals surface area contributed by atoms with Gasteiger partial charge in [-0.15, -0.1) is 0 Å². The van der Waals surface area contributed by atoms with Crippen LogP contribution in [0, 0.1) is 0 Å². The minimum absolute atomic E-state index is 0.155. The van der Waals surface area contributed by atoms with Crippen molar-refractivity contribution in [1.82, 2.24) is 0 Å². The Kier molecular flexibility index (Phi) is 3.75. The Morgan fingerprint density at radius 3 is 2.70 bits per heavy atom. The van der Waals surface area contributed by atoms with Crippen LogP contribution in [0.3, 0.4) is 0 Å². The molecule has 0 aliphatic heterocycles. The summed E-state index contributed by atoms with van der Waals surface area (Å²) >= 11 is 0. The van der Waals surface area contributed by atoms with Gasteiger partial charge in [0.05, 0.1) is 0 Å². The molecule has 1 aliphatic rings.